The zero-order valence-electron chi connectivity index (χ0n) is 13.7. The molecule has 20 heavy (non-hydrogen) atoms. The Labute approximate surface area is 124 Å². The Kier molecular flexibility index (Phi) is 10.8. The quantitative estimate of drug-likeness (QED) is 0.508. The van der Waals surface area contributed by atoms with Crippen molar-refractivity contribution < 1.29 is 14.6 Å². The van der Waals surface area contributed by atoms with E-state index in [4.69, 9.17) is 9.84 Å². The van der Waals surface area contributed by atoms with Gasteiger partial charge in [0, 0.05) is 6.61 Å². The van der Waals surface area contributed by atoms with Gasteiger partial charge >= 0.3 is 5.97 Å². The highest BCUT2D eigenvalue weighted by atomic mass is 16.5. The molecule has 0 rings (SSSR count). The Balaban J connectivity index is 3.58. The number of hydrogen-bond acceptors (Lipinski definition) is 3. The van der Waals surface area contributed by atoms with Crippen molar-refractivity contribution in [3.63, 3.8) is 0 Å². The van der Waals surface area contributed by atoms with E-state index in [0.29, 0.717) is 12.5 Å². The molecule has 0 radical (unpaired) electrons. The van der Waals surface area contributed by atoms with Crippen molar-refractivity contribution in [3.8, 4) is 0 Å². The molecule has 0 aromatic heterocycles. The van der Waals surface area contributed by atoms with Crippen molar-refractivity contribution in [2.24, 2.45) is 0 Å². The van der Waals surface area contributed by atoms with Crippen LogP contribution in [-0.4, -0.2) is 36.4 Å². The van der Waals surface area contributed by atoms with Crippen LogP contribution in [0.1, 0.15) is 72.1 Å². The van der Waals surface area contributed by atoms with Crippen molar-refractivity contribution in [2.75, 3.05) is 13.7 Å². The van der Waals surface area contributed by atoms with Gasteiger partial charge in [-0.3, -0.25) is 4.79 Å². The first kappa shape index (κ1) is 19.4. The van der Waals surface area contributed by atoms with E-state index in [9.17, 15) is 4.79 Å². The van der Waals surface area contributed by atoms with Crippen LogP contribution in [0.15, 0.2) is 0 Å². The number of ether oxygens (including phenoxy) is 1. The van der Waals surface area contributed by atoms with E-state index < -0.39 is 11.5 Å². The van der Waals surface area contributed by atoms with E-state index >= 15 is 0 Å². The molecule has 2 atom stereocenters. The van der Waals surface area contributed by atoms with E-state index in [1.165, 1.54) is 25.7 Å². The van der Waals surface area contributed by atoms with E-state index in [-0.39, 0.29) is 0 Å². The molecule has 4 nitrogen and oxygen atoms in total. The number of nitrogens with one attached hydrogen (secondary N) is 1. The highest BCUT2D eigenvalue weighted by molar-refractivity contribution is 5.78. The molecule has 0 aromatic carbocycles. The number of hydrogen-bond donors (Lipinski definition) is 2. The average Bonchev–Trinajstić information content (AvgIpc) is 2.42. The maximum Gasteiger partial charge on any atom is 0.323 e. The first-order chi connectivity index (χ1) is 9.46. The number of carboxylic acid groups (broad SMARTS) is 1. The Morgan fingerprint density at radius 2 is 1.95 bits per heavy atom. The molecule has 0 aliphatic heterocycles. The largest absolute Gasteiger partial charge is 0.480 e. The maximum atomic E-state index is 11.1. The summed E-state index contributed by atoms with van der Waals surface area (Å²) >= 11 is 0. The summed E-state index contributed by atoms with van der Waals surface area (Å²) in [7, 11) is 1.70. The smallest absolute Gasteiger partial charge is 0.323 e. The van der Waals surface area contributed by atoms with Crippen molar-refractivity contribution in [1.29, 1.82) is 0 Å². The van der Waals surface area contributed by atoms with Gasteiger partial charge in [-0.25, -0.2) is 0 Å². The molecule has 0 saturated heterocycles. The minimum Gasteiger partial charge on any atom is -0.480 e. The van der Waals surface area contributed by atoms with Crippen LogP contribution in [0.3, 0.4) is 0 Å². The van der Waals surface area contributed by atoms with Crippen LogP contribution < -0.4 is 5.32 Å². The van der Waals surface area contributed by atoms with Crippen molar-refractivity contribution in [1.82, 2.24) is 5.32 Å². The lowest BCUT2D eigenvalue weighted by Gasteiger charge is -2.24. The second kappa shape index (κ2) is 11.1. The number of rotatable bonds is 13. The van der Waals surface area contributed by atoms with Gasteiger partial charge in [0.25, 0.3) is 0 Å². The molecule has 0 fully saturated rings. The average molecular weight is 287 g/mol. The molecular weight excluding hydrogens is 254 g/mol. The SMILES string of the molecule is CCCCCCC(C)OCCCCC(C)(NC)C(=O)O. The van der Waals surface area contributed by atoms with Gasteiger partial charge in [-0.15, -0.1) is 0 Å². The zero-order chi connectivity index (χ0) is 15.4. The third kappa shape index (κ3) is 8.54. The van der Waals surface area contributed by atoms with Crippen LogP contribution in [0.2, 0.25) is 0 Å². The Morgan fingerprint density at radius 3 is 2.50 bits per heavy atom. The summed E-state index contributed by atoms with van der Waals surface area (Å²) in [5.74, 6) is -0.787. The molecule has 0 aliphatic rings. The predicted octanol–water partition coefficient (Wildman–Crippen LogP) is 3.59. The third-order valence-corrected chi connectivity index (χ3v) is 3.96. The summed E-state index contributed by atoms with van der Waals surface area (Å²) in [5, 5.41) is 12.0. The molecule has 0 heterocycles. The van der Waals surface area contributed by atoms with Gasteiger partial charge < -0.3 is 15.2 Å². The fraction of sp³-hybridized carbons (Fsp3) is 0.938. The normalized spacial score (nSPS) is 15.8. The molecule has 0 amide bonds. The number of carbonyl (C=O) groups is 1. The number of unbranched alkanes of at least 4 members (excludes halogenated alkanes) is 4. The second-order valence-electron chi connectivity index (χ2n) is 5.88. The van der Waals surface area contributed by atoms with E-state index in [2.05, 4.69) is 19.2 Å². The predicted molar refractivity (Wildman–Crippen MR) is 83.1 cm³/mol. The van der Waals surface area contributed by atoms with Crippen LogP contribution in [-0.2, 0) is 9.53 Å². The fourth-order valence-electron chi connectivity index (χ4n) is 2.15. The maximum absolute atomic E-state index is 11.1. The summed E-state index contributed by atoms with van der Waals surface area (Å²) in [6.45, 7) is 6.80. The van der Waals surface area contributed by atoms with Gasteiger partial charge in [0.1, 0.15) is 5.54 Å². The first-order valence-electron chi connectivity index (χ1n) is 8.00. The molecule has 0 saturated carbocycles. The molecule has 0 bridgehead atoms. The summed E-state index contributed by atoms with van der Waals surface area (Å²) < 4.78 is 5.76. The zero-order valence-corrected chi connectivity index (χ0v) is 13.7. The van der Waals surface area contributed by atoms with Crippen LogP contribution in [0.4, 0.5) is 0 Å². The minimum atomic E-state index is -0.814. The lowest BCUT2D eigenvalue weighted by atomic mass is 9.95. The molecule has 2 unspecified atom stereocenters. The minimum absolute atomic E-state index is 0.321. The van der Waals surface area contributed by atoms with E-state index in [0.717, 1.165) is 25.9 Å². The fourth-order valence-corrected chi connectivity index (χ4v) is 2.15. The molecule has 0 aliphatic carbocycles. The standard InChI is InChI=1S/C16H33NO3/c1-5-6-7-8-11-14(2)20-13-10-9-12-16(3,17-4)15(18)19/h14,17H,5-13H2,1-4H3,(H,18,19). The van der Waals surface area contributed by atoms with Crippen molar-refractivity contribution in [3.05, 3.63) is 0 Å². The summed E-state index contributed by atoms with van der Waals surface area (Å²) in [5.41, 5.74) is -0.814. The van der Waals surface area contributed by atoms with Crippen molar-refractivity contribution >= 4 is 5.97 Å². The van der Waals surface area contributed by atoms with E-state index in [1.807, 2.05) is 0 Å². The molecule has 0 spiro atoms. The van der Waals surface area contributed by atoms with Crippen molar-refractivity contribution in [2.45, 2.75) is 83.8 Å². The van der Waals surface area contributed by atoms with Gasteiger partial charge in [-0.1, -0.05) is 32.6 Å². The monoisotopic (exact) mass is 287 g/mol. The van der Waals surface area contributed by atoms with Crippen LogP contribution in [0.5, 0.6) is 0 Å². The Hall–Kier alpha value is -0.610. The highest BCUT2D eigenvalue weighted by Gasteiger charge is 2.29. The molecule has 0 aromatic rings. The summed E-state index contributed by atoms with van der Waals surface area (Å²) in [6.07, 6.45) is 8.98. The van der Waals surface area contributed by atoms with Gasteiger partial charge in [0.2, 0.25) is 0 Å². The lowest BCUT2D eigenvalue weighted by Crippen LogP contribution is -2.47. The summed E-state index contributed by atoms with van der Waals surface area (Å²) in [4.78, 5) is 11.1. The first-order valence-corrected chi connectivity index (χ1v) is 8.00. The van der Waals surface area contributed by atoms with Gasteiger partial charge in [-0.2, -0.15) is 0 Å². The number of likely N-dealkylation sites (N-methyl/N-ethyl adjacent to an activating group) is 1. The van der Waals surface area contributed by atoms with Crippen LogP contribution in [0, 0.1) is 0 Å². The lowest BCUT2D eigenvalue weighted by molar-refractivity contribution is -0.144. The Morgan fingerprint density at radius 1 is 1.25 bits per heavy atom. The van der Waals surface area contributed by atoms with E-state index in [1.54, 1.807) is 14.0 Å². The molecule has 2 N–H and O–H groups in total. The summed E-state index contributed by atoms with van der Waals surface area (Å²) in [6, 6.07) is 0. The second-order valence-corrected chi connectivity index (χ2v) is 5.88. The topological polar surface area (TPSA) is 58.6 Å². The molecular formula is C16H33NO3. The number of carboxylic acids is 1. The third-order valence-electron chi connectivity index (χ3n) is 3.96. The van der Waals surface area contributed by atoms with Crippen LogP contribution in [0.25, 0.3) is 0 Å². The number of aliphatic carboxylic acids is 1. The van der Waals surface area contributed by atoms with Gasteiger partial charge in [0.05, 0.1) is 6.10 Å². The van der Waals surface area contributed by atoms with Gasteiger partial charge in [0.15, 0.2) is 0 Å². The van der Waals surface area contributed by atoms with Gasteiger partial charge in [-0.05, 0) is 46.6 Å². The molecule has 120 valence electrons. The van der Waals surface area contributed by atoms with Crippen LogP contribution >= 0.6 is 0 Å². The molecule has 4 heteroatoms. The highest BCUT2D eigenvalue weighted by Crippen LogP contribution is 2.14. The Bertz CT molecular complexity index is 258.